The second kappa shape index (κ2) is 21.5. The molecule has 37 heteroatoms. The van der Waals surface area contributed by atoms with Gasteiger partial charge in [0.15, 0.2) is 25.4 Å². The molecule has 1 aromatic heterocycles. The Bertz CT molecular complexity index is 3380. The molecule has 0 saturated carbocycles. The Labute approximate surface area is 395 Å². The van der Waals surface area contributed by atoms with Crippen LogP contribution in [0.25, 0.3) is 0 Å². The van der Waals surface area contributed by atoms with Crippen LogP contribution in [0.1, 0.15) is 19.8 Å². The smallest absolute Gasteiger partial charge is 0.397 e. The molecule has 0 fully saturated rings. The molecule has 0 unspecified atom stereocenters. The molecule has 9 N–H and O–H groups in total. The average Bonchev–Trinajstić information content (AvgIpc) is 3.16. The van der Waals surface area contributed by atoms with Gasteiger partial charge < -0.3 is 26.4 Å². The molecule has 0 saturated heterocycles. The fraction of sp³-hybridized carbons (Fsp3) is 0.258. The van der Waals surface area contributed by atoms with E-state index in [1.807, 2.05) is 5.32 Å². The van der Waals surface area contributed by atoms with Crippen LogP contribution in [-0.4, -0.2) is 130 Å². The van der Waals surface area contributed by atoms with Crippen LogP contribution in [0.5, 0.6) is 5.75 Å². The van der Waals surface area contributed by atoms with Crippen LogP contribution >= 0.6 is 23.2 Å². The maximum Gasteiger partial charge on any atom is 0.397 e. The highest BCUT2D eigenvalue weighted by atomic mass is 35.5. The van der Waals surface area contributed by atoms with Crippen molar-refractivity contribution < 1.29 is 87.6 Å². The fourth-order valence-corrected chi connectivity index (χ4v) is 10.7. The number of aromatic nitrogens is 3. The lowest BCUT2D eigenvalue weighted by Crippen LogP contribution is -2.18. The fourth-order valence-electron chi connectivity index (χ4n) is 5.26. The number of halogens is 2. The standard InChI is InChI=1S/C31H33Cl2N9O20S6/c1-16(43)34-20-11-17(35-30-38-29(33)39-31(40-30)37-23-12-18(13-26(28(23)45)67(56,57)58)64(48,49)10-7-62-68(59,60)61)4-5-19(20)41-42-22-15-24(65(50,51)52)21(14-25(22)66(53,54)55)36-27(44)3-2-8-63(46,47)9-6-32/h4-5,11-15,45H,2-3,6-10H2,1H3,(H,34,43)(H,36,44)(H,50,51,52)(H,53,54,55)(H,56,57,58)(H,59,60,61)(H2,35,37,38,39,40)/b42-41+. The summed E-state index contributed by atoms with van der Waals surface area (Å²) >= 11 is 11.5. The van der Waals surface area contributed by atoms with Crippen molar-refractivity contribution >= 4 is 141 Å². The summed E-state index contributed by atoms with van der Waals surface area (Å²) in [5.74, 6) is -6.33. The van der Waals surface area contributed by atoms with Crippen LogP contribution in [0, 0.1) is 0 Å². The van der Waals surface area contributed by atoms with Crippen molar-refractivity contribution in [2.45, 2.75) is 39.3 Å². The minimum absolute atomic E-state index is 0.0124. The number of azo groups is 1. The minimum Gasteiger partial charge on any atom is -0.504 e. The highest BCUT2D eigenvalue weighted by Gasteiger charge is 2.28. The number of anilines is 6. The Kier molecular flexibility index (Phi) is 17.5. The minimum atomic E-state index is -5.36. The predicted octanol–water partition coefficient (Wildman–Crippen LogP) is 2.80. The van der Waals surface area contributed by atoms with Gasteiger partial charge in [0, 0.05) is 24.9 Å². The number of amides is 2. The van der Waals surface area contributed by atoms with Crippen LogP contribution in [0.2, 0.25) is 5.28 Å². The molecule has 0 aliphatic rings. The molecule has 4 rings (SSSR count). The summed E-state index contributed by atoms with van der Waals surface area (Å²) in [7, 11) is -29.4. The molecule has 0 radical (unpaired) electrons. The van der Waals surface area contributed by atoms with Gasteiger partial charge in [-0.15, -0.1) is 21.8 Å². The van der Waals surface area contributed by atoms with Crippen molar-refractivity contribution in [1.82, 2.24) is 15.0 Å². The number of alkyl halides is 1. The number of nitrogens with zero attached hydrogens (tertiary/aromatic N) is 5. The maximum absolute atomic E-state index is 12.9. The Morgan fingerprint density at radius 2 is 1.28 bits per heavy atom. The molecule has 0 spiro atoms. The van der Waals surface area contributed by atoms with E-state index in [0.717, 1.165) is 19.1 Å². The number of aromatic hydroxyl groups is 1. The van der Waals surface area contributed by atoms with E-state index in [1.54, 1.807) is 0 Å². The average molecular weight is 1110 g/mol. The molecule has 0 aliphatic heterocycles. The SMILES string of the molecule is CC(=O)Nc1cc(Nc2nc(Cl)nc(Nc3cc(S(=O)(=O)CCOS(=O)(=O)O)cc(S(=O)(=O)O)c3O)n2)ccc1/N=N/c1cc(S(=O)(=O)O)c(NC(=O)CCCS(=O)(=O)CCCl)cc1S(=O)(=O)O. The number of carbonyl (C=O) groups excluding carboxylic acids is 2. The number of hydrogen-bond acceptors (Lipinski definition) is 23. The van der Waals surface area contributed by atoms with Crippen LogP contribution in [0.4, 0.5) is 46.0 Å². The highest BCUT2D eigenvalue weighted by Crippen LogP contribution is 2.38. The predicted molar refractivity (Wildman–Crippen MR) is 237 cm³/mol. The van der Waals surface area contributed by atoms with Gasteiger partial charge in [-0.3, -0.25) is 27.8 Å². The first-order valence-electron chi connectivity index (χ1n) is 17.8. The van der Waals surface area contributed by atoms with E-state index < -0.39 is 156 Å². The van der Waals surface area contributed by atoms with E-state index in [4.69, 9.17) is 27.8 Å². The van der Waals surface area contributed by atoms with Crippen LogP contribution in [-0.2, 0) is 74.2 Å². The molecule has 29 nitrogen and oxygen atoms in total. The molecule has 2 amide bonds. The lowest BCUT2D eigenvalue weighted by atomic mass is 10.2. The van der Waals surface area contributed by atoms with Gasteiger partial charge in [0.2, 0.25) is 29.0 Å². The second-order valence-corrected chi connectivity index (χ2v) is 23.6. The van der Waals surface area contributed by atoms with Crippen molar-refractivity contribution in [3.05, 3.63) is 47.7 Å². The molecule has 0 atom stereocenters. The van der Waals surface area contributed by atoms with Crippen LogP contribution in [0.15, 0.2) is 72.3 Å². The van der Waals surface area contributed by atoms with Gasteiger partial charge in [0.05, 0.1) is 45.8 Å². The van der Waals surface area contributed by atoms with E-state index in [-0.39, 0.29) is 35.1 Å². The summed E-state index contributed by atoms with van der Waals surface area (Å²) in [6.07, 6.45) is -0.789. The van der Waals surface area contributed by atoms with Crippen molar-refractivity contribution in [3.8, 4) is 5.75 Å². The van der Waals surface area contributed by atoms with Gasteiger partial charge >= 0.3 is 10.4 Å². The summed E-state index contributed by atoms with van der Waals surface area (Å²) in [5.41, 5.74) is -3.08. The van der Waals surface area contributed by atoms with E-state index in [1.165, 1.54) is 6.07 Å². The molecular weight excluding hydrogens is 1080 g/mol. The number of carbonyl (C=O) groups is 2. The van der Waals surface area contributed by atoms with Crippen molar-refractivity contribution in [3.63, 3.8) is 0 Å². The quantitative estimate of drug-likeness (QED) is 0.0236. The Hall–Kier alpha value is -5.31. The van der Waals surface area contributed by atoms with Gasteiger partial charge in [-0.05, 0) is 60.5 Å². The zero-order valence-electron chi connectivity index (χ0n) is 33.8. The molecule has 0 aliphatic carbocycles. The molecule has 3 aromatic carbocycles. The first kappa shape index (κ1) is 55.3. The number of phenolic OH excluding ortho intramolecular Hbond substituents is 1. The van der Waals surface area contributed by atoms with Crippen molar-refractivity contribution in [2.24, 2.45) is 10.2 Å². The molecule has 1 heterocycles. The highest BCUT2D eigenvalue weighted by molar-refractivity contribution is 7.92. The molecule has 0 bridgehead atoms. The van der Waals surface area contributed by atoms with Gasteiger partial charge in [-0.1, -0.05) is 0 Å². The second-order valence-electron chi connectivity index (χ2n) is 13.2. The summed E-state index contributed by atoms with van der Waals surface area (Å²) in [6, 6.07) is 5.30. The molecular formula is C31H33Cl2N9O20S6. The Balaban J connectivity index is 1.70. The lowest BCUT2D eigenvalue weighted by Gasteiger charge is -2.14. The Morgan fingerprint density at radius 1 is 0.676 bits per heavy atom. The van der Waals surface area contributed by atoms with Gasteiger partial charge in [-0.25, -0.2) is 21.0 Å². The topological polar surface area (TPSA) is 461 Å². The summed E-state index contributed by atoms with van der Waals surface area (Å²) in [5, 5.41) is 26.9. The van der Waals surface area contributed by atoms with Gasteiger partial charge in [-0.2, -0.15) is 48.6 Å². The first-order chi connectivity index (χ1) is 31.2. The van der Waals surface area contributed by atoms with Crippen LogP contribution in [0.3, 0.4) is 0 Å². The van der Waals surface area contributed by atoms with Gasteiger partial charge in [0.25, 0.3) is 30.4 Å². The number of sulfone groups is 2. The lowest BCUT2D eigenvalue weighted by molar-refractivity contribution is -0.116. The van der Waals surface area contributed by atoms with E-state index in [0.29, 0.717) is 24.3 Å². The Morgan fingerprint density at radius 3 is 1.85 bits per heavy atom. The molecule has 4 aromatic rings. The van der Waals surface area contributed by atoms with Crippen molar-refractivity contribution in [1.29, 1.82) is 0 Å². The summed E-state index contributed by atoms with van der Waals surface area (Å²) < 4.78 is 188. The number of hydrogen-bond donors (Lipinski definition) is 9. The normalized spacial score (nSPS) is 12.8. The van der Waals surface area contributed by atoms with E-state index >= 15 is 0 Å². The molecule has 372 valence electrons. The third-order valence-electron chi connectivity index (χ3n) is 8.09. The zero-order valence-corrected chi connectivity index (χ0v) is 40.2. The van der Waals surface area contributed by atoms with E-state index in [2.05, 4.69) is 45.3 Å². The summed E-state index contributed by atoms with van der Waals surface area (Å²) in [6.45, 7) is -0.0836. The molecule has 68 heavy (non-hydrogen) atoms. The van der Waals surface area contributed by atoms with E-state index in [9.17, 15) is 78.9 Å². The van der Waals surface area contributed by atoms with Crippen molar-refractivity contribution in [2.75, 3.05) is 51.0 Å². The summed E-state index contributed by atoms with van der Waals surface area (Å²) in [4.78, 5) is 31.8. The largest absolute Gasteiger partial charge is 0.504 e. The number of nitrogens with one attached hydrogen (secondary N) is 4. The maximum atomic E-state index is 12.9. The third kappa shape index (κ3) is 16.2. The monoisotopic (exact) mass is 1110 g/mol. The number of rotatable bonds is 22. The zero-order chi connectivity index (χ0) is 51.2. The number of benzene rings is 3. The first-order valence-corrected chi connectivity index (χ1v) is 27.9. The third-order valence-corrected chi connectivity index (χ3v) is 15.2. The van der Waals surface area contributed by atoms with Crippen LogP contribution < -0.4 is 21.3 Å². The number of phenols is 1. The van der Waals surface area contributed by atoms with Gasteiger partial charge in [0.1, 0.15) is 26.1 Å².